The quantitative estimate of drug-likeness (QED) is 0.631. The number of aromatic nitrogens is 5. The number of rotatable bonds is 6. The Balaban J connectivity index is 1.59. The fourth-order valence-corrected chi connectivity index (χ4v) is 2.69. The van der Waals surface area contributed by atoms with Crippen LogP contribution in [-0.4, -0.2) is 25.0 Å². The van der Waals surface area contributed by atoms with Gasteiger partial charge in [-0.3, -0.25) is 0 Å². The standard InChI is InChI=1S/C14H14ClN5O2S/c1-9-16-18-13(22-9)8-23-14-19-17-12(20(14)2)7-21-11-5-3-10(15)4-6-11/h3-6H,7-8H2,1-2H3. The molecule has 0 aliphatic carbocycles. The Hall–Kier alpha value is -2.06. The van der Waals surface area contributed by atoms with Gasteiger partial charge >= 0.3 is 0 Å². The van der Waals surface area contributed by atoms with E-state index in [9.17, 15) is 0 Å². The van der Waals surface area contributed by atoms with Crippen molar-refractivity contribution < 1.29 is 9.15 Å². The van der Waals surface area contributed by atoms with Crippen LogP contribution in [-0.2, 0) is 19.4 Å². The number of ether oxygens (including phenoxy) is 1. The van der Waals surface area contributed by atoms with Crippen LogP contribution in [0.2, 0.25) is 5.02 Å². The van der Waals surface area contributed by atoms with Crippen molar-refractivity contribution in [3.8, 4) is 5.75 Å². The van der Waals surface area contributed by atoms with Crippen molar-refractivity contribution in [1.82, 2.24) is 25.0 Å². The lowest BCUT2D eigenvalue weighted by molar-refractivity contribution is 0.290. The number of thioether (sulfide) groups is 1. The molecule has 1 aromatic carbocycles. The second-order valence-corrected chi connectivity index (χ2v) is 6.08. The predicted octanol–water partition coefficient (Wildman–Crippen LogP) is 3.03. The van der Waals surface area contributed by atoms with E-state index in [0.717, 1.165) is 16.7 Å². The number of hydrogen-bond acceptors (Lipinski definition) is 7. The molecule has 0 amide bonds. The Labute approximate surface area is 142 Å². The summed E-state index contributed by atoms with van der Waals surface area (Å²) in [6, 6.07) is 7.18. The summed E-state index contributed by atoms with van der Waals surface area (Å²) in [6.07, 6.45) is 0. The molecule has 7 nitrogen and oxygen atoms in total. The van der Waals surface area contributed by atoms with Gasteiger partial charge in [-0.15, -0.1) is 20.4 Å². The van der Waals surface area contributed by atoms with Crippen molar-refractivity contribution in [3.05, 3.63) is 46.9 Å². The first-order valence-corrected chi connectivity index (χ1v) is 8.16. The number of aryl methyl sites for hydroxylation is 1. The van der Waals surface area contributed by atoms with E-state index >= 15 is 0 Å². The van der Waals surface area contributed by atoms with Gasteiger partial charge in [-0.05, 0) is 24.3 Å². The van der Waals surface area contributed by atoms with Crippen molar-refractivity contribution in [1.29, 1.82) is 0 Å². The van der Waals surface area contributed by atoms with Crippen LogP contribution in [0.1, 0.15) is 17.6 Å². The zero-order valence-corrected chi connectivity index (χ0v) is 14.1. The molecule has 0 unspecified atom stereocenters. The second kappa shape index (κ2) is 7.01. The van der Waals surface area contributed by atoms with E-state index in [1.54, 1.807) is 19.1 Å². The van der Waals surface area contributed by atoms with Crippen LogP contribution in [0, 0.1) is 6.92 Å². The van der Waals surface area contributed by atoms with Gasteiger partial charge in [-0.1, -0.05) is 23.4 Å². The maximum Gasteiger partial charge on any atom is 0.226 e. The SMILES string of the molecule is Cc1nnc(CSc2nnc(COc3ccc(Cl)cc3)n2C)o1. The summed E-state index contributed by atoms with van der Waals surface area (Å²) in [5.41, 5.74) is 0. The molecular weight excluding hydrogens is 338 g/mol. The van der Waals surface area contributed by atoms with Crippen LogP contribution in [0.4, 0.5) is 0 Å². The lowest BCUT2D eigenvalue weighted by Gasteiger charge is -2.06. The van der Waals surface area contributed by atoms with Gasteiger partial charge in [0.25, 0.3) is 0 Å². The fraction of sp³-hybridized carbons (Fsp3) is 0.286. The minimum Gasteiger partial charge on any atom is -0.486 e. The molecule has 0 bridgehead atoms. The summed E-state index contributed by atoms with van der Waals surface area (Å²) in [5.74, 6) is 3.12. The van der Waals surface area contributed by atoms with Crippen LogP contribution in [0.3, 0.4) is 0 Å². The molecule has 0 N–H and O–H groups in total. The van der Waals surface area contributed by atoms with Crippen LogP contribution < -0.4 is 4.74 Å². The topological polar surface area (TPSA) is 78.9 Å². The van der Waals surface area contributed by atoms with Crippen LogP contribution in [0.15, 0.2) is 33.8 Å². The third-order valence-corrected chi connectivity index (χ3v) is 4.26. The van der Waals surface area contributed by atoms with E-state index in [1.165, 1.54) is 11.8 Å². The van der Waals surface area contributed by atoms with E-state index in [4.69, 9.17) is 20.8 Å². The Kier molecular flexibility index (Phi) is 4.82. The molecule has 0 aliphatic heterocycles. The summed E-state index contributed by atoms with van der Waals surface area (Å²) in [7, 11) is 1.89. The van der Waals surface area contributed by atoms with Crippen molar-refractivity contribution in [3.63, 3.8) is 0 Å². The van der Waals surface area contributed by atoms with Gasteiger partial charge in [0, 0.05) is 19.0 Å². The van der Waals surface area contributed by atoms with Crippen molar-refractivity contribution >= 4 is 23.4 Å². The van der Waals surface area contributed by atoms with Crippen molar-refractivity contribution in [2.45, 2.75) is 24.4 Å². The molecule has 3 aromatic rings. The average Bonchev–Trinajstić information content (AvgIpc) is 3.11. The molecule has 9 heteroatoms. The molecule has 0 aliphatic rings. The van der Waals surface area contributed by atoms with Crippen LogP contribution in [0.5, 0.6) is 5.75 Å². The molecule has 0 saturated carbocycles. The predicted molar refractivity (Wildman–Crippen MR) is 85.4 cm³/mol. The monoisotopic (exact) mass is 351 g/mol. The molecule has 0 spiro atoms. The minimum atomic E-state index is 0.325. The fourth-order valence-electron chi connectivity index (χ4n) is 1.80. The Bertz CT molecular complexity index is 787. The van der Waals surface area contributed by atoms with E-state index in [2.05, 4.69) is 20.4 Å². The largest absolute Gasteiger partial charge is 0.486 e. The first-order chi connectivity index (χ1) is 11.1. The van der Waals surface area contributed by atoms with E-state index < -0.39 is 0 Å². The summed E-state index contributed by atoms with van der Waals surface area (Å²) < 4.78 is 12.9. The van der Waals surface area contributed by atoms with Gasteiger partial charge < -0.3 is 13.7 Å². The average molecular weight is 352 g/mol. The molecule has 23 heavy (non-hydrogen) atoms. The lowest BCUT2D eigenvalue weighted by atomic mass is 10.3. The van der Waals surface area contributed by atoms with E-state index in [0.29, 0.717) is 29.2 Å². The van der Waals surface area contributed by atoms with Gasteiger partial charge in [-0.2, -0.15) is 0 Å². The highest BCUT2D eigenvalue weighted by atomic mass is 35.5. The van der Waals surface area contributed by atoms with Gasteiger partial charge in [0.15, 0.2) is 11.0 Å². The minimum absolute atomic E-state index is 0.325. The van der Waals surface area contributed by atoms with Crippen molar-refractivity contribution in [2.24, 2.45) is 7.05 Å². The zero-order valence-electron chi connectivity index (χ0n) is 12.6. The molecule has 0 saturated heterocycles. The van der Waals surface area contributed by atoms with Gasteiger partial charge in [-0.25, -0.2) is 0 Å². The second-order valence-electron chi connectivity index (χ2n) is 4.70. The molecule has 2 aromatic heterocycles. The highest BCUT2D eigenvalue weighted by Crippen LogP contribution is 2.21. The lowest BCUT2D eigenvalue weighted by Crippen LogP contribution is -2.04. The maximum absolute atomic E-state index is 5.84. The summed E-state index contributed by atoms with van der Waals surface area (Å²) in [4.78, 5) is 0. The highest BCUT2D eigenvalue weighted by Gasteiger charge is 2.12. The molecule has 0 atom stereocenters. The van der Waals surface area contributed by atoms with Gasteiger partial charge in [0.1, 0.15) is 12.4 Å². The molecule has 3 rings (SSSR count). The van der Waals surface area contributed by atoms with Gasteiger partial charge in [0.05, 0.1) is 5.75 Å². The summed E-state index contributed by atoms with van der Waals surface area (Å²) in [5, 5.41) is 17.5. The molecular formula is C14H14ClN5O2S. The third-order valence-electron chi connectivity index (χ3n) is 3.00. The molecule has 2 heterocycles. The first-order valence-electron chi connectivity index (χ1n) is 6.80. The van der Waals surface area contributed by atoms with E-state index in [1.807, 2.05) is 23.7 Å². The molecule has 0 fully saturated rings. The number of nitrogens with zero attached hydrogens (tertiary/aromatic N) is 5. The van der Waals surface area contributed by atoms with Crippen LogP contribution in [0.25, 0.3) is 0 Å². The number of benzene rings is 1. The molecule has 0 radical (unpaired) electrons. The molecule has 120 valence electrons. The van der Waals surface area contributed by atoms with E-state index in [-0.39, 0.29) is 0 Å². The summed E-state index contributed by atoms with van der Waals surface area (Å²) >= 11 is 7.32. The van der Waals surface area contributed by atoms with Gasteiger partial charge in [0.2, 0.25) is 11.8 Å². The highest BCUT2D eigenvalue weighted by molar-refractivity contribution is 7.98. The first kappa shape index (κ1) is 15.8. The maximum atomic E-state index is 5.84. The Morgan fingerprint density at radius 1 is 1.17 bits per heavy atom. The zero-order chi connectivity index (χ0) is 16.2. The normalized spacial score (nSPS) is 10.9. The number of halogens is 1. The third kappa shape index (κ3) is 4.02. The smallest absolute Gasteiger partial charge is 0.226 e. The van der Waals surface area contributed by atoms with Crippen molar-refractivity contribution in [2.75, 3.05) is 0 Å². The Morgan fingerprint density at radius 3 is 2.65 bits per heavy atom. The Morgan fingerprint density at radius 2 is 1.96 bits per heavy atom. The summed E-state index contributed by atoms with van der Waals surface area (Å²) in [6.45, 7) is 2.08. The van der Waals surface area contributed by atoms with Crippen LogP contribution >= 0.6 is 23.4 Å². The number of hydrogen-bond donors (Lipinski definition) is 0.